The highest BCUT2D eigenvalue weighted by Gasteiger charge is 2.19. The first-order valence-electron chi connectivity index (χ1n) is 5.85. The maximum atomic E-state index is 12.1. The first-order chi connectivity index (χ1) is 9.47. The van der Waals surface area contributed by atoms with Gasteiger partial charge in [-0.2, -0.15) is 5.10 Å². The Hall–Kier alpha value is -2.29. The summed E-state index contributed by atoms with van der Waals surface area (Å²) in [5.74, 6) is -1.22. The number of nitrogens with one attached hydrogen (secondary N) is 1. The van der Waals surface area contributed by atoms with Gasteiger partial charge in [-0.25, -0.2) is 0 Å². The van der Waals surface area contributed by atoms with Crippen LogP contribution < -0.4 is 5.32 Å². The van der Waals surface area contributed by atoms with Crippen LogP contribution in [-0.2, 0) is 11.3 Å². The largest absolute Gasteiger partial charge is 0.480 e. The normalized spacial score (nSPS) is 10.8. The van der Waals surface area contributed by atoms with Crippen molar-refractivity contribution in [2.24, 2.45) is 0 Å². The highest BCUT2D eigenvalue weighted by atomic mass is 32.1. The third-order valence-electron chi connectivity index (χ3n) is 2.45. The quantitative estimate of drug-likeness (QED) is 0.857. The highest BCUT2D eigenvalue weighted by molar-refractivity contribution is 7.08. The number of nitrogens with zero attached hydrogens (tertiary/aromatic N) is 4. The maximum absolute atomic E-state index is 12.1. The Balaban J connectivity index is 2.09. The molecule has 0 saturated carbocycles. The molecule has 2 N–H and O–H groups in total. The van der Waals surface area contributed by atoms with E-state index in [1.54, 1.807) is 0 Å². The predicted octanol–water partition coefficient (Wildman–Crippen LogP) is 1.19. The molecular weight excluding hydrogens is 282 g/mol. The number of carbonyl (C=O) groups is 2. The third kappa shape index (κ3) is 3.18. The molecule has 0 aliphatic carbocycles. The second-order valence-corrected chi connectivity index (χ2v) is 5.17. The first-order valence-corrected chi connectivity index (χ1v) is 6.62. The van der Waals surface area contributed by atoms with Crippen LogP contribution in [0.1, 0.15) is 35.1 Å². The van der Waals surface area contributed by atoms with Gasteiger partial charge in [0.05, 0.1) is 17.6 Å². The lowest BCUT2D eigenvalue weighted by molar-refractivity contribution is -0.137. The van der Waals surface area contributed by atoms with Crippen LogP contribution in [0.15, 0.2) is 12.4 Å². The summed E-state index contributed by atoms with van der Waals surface area (Å²) in [5.41, 5.74) is 1.07. The number of carboxylic acid groups (broad SMARTS) is 1. The van der Waals surface area contributed by atoms with Crippen molar-refractivity contribution in [3.63, 3.8) is 0 Å². The van der Waals surface area contributed by atoms with Gasteiger partial charge in [0.15, 0.2) is 0 Å². The Morgan fingerprint density at radius 2 is 2.25 bits per heavy atom. The lowest BCUT2D eigenvalue weighted by Crippen LogP contribution is -2.13. The molecule has 0 bridgehead atoms. The van der Waals surface area contributed by atoms with Crippen LogP contribution in [-0.4, -0.2) is 36.4 Å². The molecule has 0 aliphatic rings. The van der Waals surface area contributed by atoms with E-state index in [4.69, 9.17) is 5.11 Å². The van der Waals surface area contributed by atoms with Crippen LogP contribution in [0.25, 0.3) is 0 Å². The predicted molar refractivity (Wildman–Crippen MR) is 71.8 cm³/mol. The molecule has 2 heterocycles. The molecule has 2 aromatic rings. The number of hydrogen-bond acceptors (Lipinski definition) is 6. The number of rotatable bonds is 5. The molecule has 0 aromatic carbocycles. The van der Waals surface area contributed by atoms with Crippen molar-refractivity contribution in [2.45, 2.75) is 26.3 Å². The molecule has 0 saturated heterocycles. The molecule has 20 heavy (non-hydrogen) atoms. The van der Waals surface area contributed by atoms with Gasteiger partial charge >= 0.3 is 5.97 Å². The van der Waals surface area contributed by atoms with Gasteiger partial charge in [0, 0.05) is 6.20 Å². The Morgan fingerprint density at radius 1 is 1.50 bits per heavy atom. The summed E-state index contributed by atoms with van der Waals surface area (Å²) in [5, 5.41) is 19.1. The zero-order chi connectivity index (χ0) is 14.7. The zero-order valence-electron chi connectivity index (χ0n) is 10.9. The number of hydrogen-bond donors (Lipinski definition) is 2. The van der Waals surface area contributed by atoms with Crippen LogP contribution in [0.2, 0.25) is 0 Å². The lowest BCUT2D eigenvalue weighted by atomic mass is 10.1. The van der Waals surface area contributed by atoms with Gasteiger partial charge < -0.3 is 10.4 Å². The summed E-state index contributed by atoms with van der Waals surface area (Å²) in [6, 6.07) is 0. The minimum Gasteiger partial charge on any atom is -0.480 e. The Bertz CT molecular complexity index is 634. The molecule has 0 fully saturated rings. The van der Waals surface area contributed by atoms with Gasteiger partial charge in [-0.15, -0.1) is 5.10 Å². The molecule has 106 valence electrons. The van der Waals surface area contributed by atoms with Crippen LogP contribution in [0.4, 0.5) is 5.69 Å². The summed E-state index contributed by atoms with van der Waals surface area (Å²) < 4.78 is 5.01. The van der Waals surface area contributed by atoms with Crippen LogP contribution in [0, 0.1) is 0 Å². The van der Waals surface area contributed by atoms with E-state index in [2.05, 4.69) is 20.0 Å². The van der Waals surface area contributed by atoms with Gasteiger partial charge in [0.2, 0.25) is 0 Å². The standard InChI is InChI=1S/C11H13N5O3S/c1-6(2)9-10(20-15-14-9)11(19)13-7-3-12-16(4-7)5-8(17)18/h3-4,6H,5H2,1-2H3,(H,13,19)(H,17,18). The van der Waals surface area contributed by atoms with Gasteiger partial charge in [-0.05, 0) is 17.5 Å². The maximum Gasteiger partial charge on any atom is 0.325 e. The second-order valence-electron chi connectivity index (χ2n) is 4.42. The third-order valence-corrected chi connectivity index (χ3v) is 3.20. The minimum atomic E-state index is -1.00. The van der Waals surface area contributed by atoms with Crippen molar-refractivity contribution in [2.75, 3.05) is 5.32 Å². The van der Waals surface area contributed by atoms with E-state index in [1.165, 1.54) is 17.1 Å². The minimum absolute atomic E-state index is 0.101. The van der Waals surface area contributed by atoms with E-state index in [0.29, 0.717) is 16.3 Å². The van der Waals surface area contributed by atoms with Crippen LogP contribution in [0.5, 0.6) is 0 Å². The lowest BCUT2D eigenvalue weighted by Gasteiger charge is -2.03. The van der Waals surface area contributed by atoms with Crippen LogP contribution >= 0.6 is 11.5 Å². The van der Waals surface area contributed by atoms with E-state index in [-0.39, 0.29) is 18.4 Å². The number of amides is 1. The molecular formula is C11H13N5O3S. The number of anilines is 1. The van der Waals surface area contributed by atoms with Crippen molar-refractivity contribution >= 4 is 29.1 Å². The van der Waals surface area contributed by atoms with Gasteiger partial charge in [-0.3, -0.25) is 14.3 Å². The fourth-order valence-electron chi connectivity index (χ4n) is 1.57. The number of aromatic nitrogens is 4. The van der Waals surface area contributed by atoms with E-state index in [9.17, 15) is 9.59 Å². The van der Waals surface area contributed by atoms with Gasteiger partial charge in [-0.1, -0.05) is 18.3 Å². The number of aliphatic carboxylic acids is 1. The molecule has 2 rings (SSSR count). The monoisotopic (exact) mass is 295 g/mol. The van der Waals surface area contributed by atoms with Crippen molar-refractivity contribution in [3.05, 3.63) is 23.0 Å². The summed E-state index contributed by atoms with van der Waals surface area (Å²) in [7, 11) is 0. The topological polar surface area (TPSA) is 110 Å². The molecule has 0 aliphatic heterocycles. The van der Waals surface area contributed by atoms with Gasteiger partial charge in [0.1, 0.15) is 11.4 Å². The van der Waals surface area contributed by atoms with E-state index < -0.39 is 5.97 Å². The van der Waals surface area contributed by atoms with Crippen molar-refractivity contribution in [3.8, 4) is 0 Å². The molecule has 0 atom stereocenters. The highest BCUT2D eigenvalue weighted by Crippen LogP contribution is 2.20. The molecule has 0 spiro atoms. The first kappa shape index (κ1) is 14.1. The summed E-state index contributed by atoms with van der Waals surface area (Å²) in [6.45, 7) is 3.60. The Kier molecular flexibility index (Phi) is 4.08. The van der Waals surface area contributed by atoms with E-state index >= 15 is 0 Å². The summed E-state index contributed by atoms with van der Waals surface area (Å²) >= 11 is 1.03. The summed E-state index contributed by atoms with van der Waals surface area (Å²) in [6.07, 6.45) is 2.85. The number of carbonyl (C=O) groups excluding carboxylic acids is 1. The molecule has 9 heteroatoms. The molecule has 0 radical (unpaired) electrons. The zero-order valence-corrected chi connectivity index (χ0v) is 11.7. The molecule has 0 unspecified atom stereocenters. The van der Waals surface area contributed by atoms with Crippen molar-refractivity contribution < 1.29 is 14.7 Å². The fourth-order valence-corrected chi connectivity index (χ4v) is 2.29. The Morgan fingerprint density at radius 3 is 2.90 bits per heavy atom. The smallest absolute Gasteiger partial charge is 0.325 e. The van der Waals surface area contributed by atoms with Crippen molar-refractivity contribution in [1.82, 2.24) is 19.4 Å². The fraction of sp³-hybridized carbons (Fsp3) is 0.364. The Labute approximate surface area is 118 Å². The average Bonchev–Trinajstić information content (AvgIpc) is 2.96. The van der Waals surface area contributed by atoms with Gasteiger partial charge in [0.25, 0.3) is 5.91 Å². The molecule has 1 amide bonds. The van der Waals surface area contributed by atoms with Crippen molar-refractivity contribution in [1.29, 1.82) is 0 Å². The average molecular weight is 295 g/mol. The molecule has 8 nitrogen and oxygen atoms in total. The number of carboxylic acids is 1. The SMILES string of the molecule is CC(C)c1nnsc1C(=O)Nc1cnn(CC(=O)O)c1. The summed E-state index contributed by atoms with van der Waals surface area (Å²) in [4.78, 5) is 23.1. The second kappa shape index (κ2) is 5.78. The molecule has 2 aromatic heterocycles. The van der Waals surface area contributed by atoms with E-state index in [1.807, 2.05) is 13.8 Å². The van der Waals surface area contributed by atoms with Crippen LogP contribution in [0.3, 0.4) is 0 Å². The van der Waals surface area contributed by atoms with E-state index in [0.717, 1.165) is 11.5 Å².